The smallest absolute Gasteiger partial charge is 0.382 e. The standard InChI is InChI=1S/C15H25B2NO.C10H7F3N4.C2H6/c1-14(2)8-13(6-7-19-14)15(16,17)18-9-11-4-3-5-12(11)10-18;11-10(12,13)9-6(2-1-5-15-9)7-3-4-8(14)17-16-7;1-2/h11-13H,3-10H2,1-2H3;1-5H,(H2,14,17);1-2H3. The number of pyridine rings is 1. The fraction of sp³-hybridized carbons (Fsp3) is 0.667. The average molecular weight is 527 g/mol. The van der Waals surface area contributed by atoms with E-state index in [1.807, 2.05) is 13.8 Å². The summed E-state index contributed by atoms with van der Waals surface area (Å²) in [5, 5.41) is 6.47. The van der Waals surface area contributed by atoms with Gasteiger partial charge in [0.25, 0.3) is 0 Å². The minimum atomic E-state index is -4.53. The maximum Gasteiger partial charge on any atom is 0.434 e. The van der Waals surface area contributed by atoms with Crippen molar-refractivity contribution in [2.75, 3.05) is 25.4 Å². The molecular formula is C27H38B2F3N5O. The topological polar surface area (TPSA) is 77.2 Å². The summed E-state index contributed by atoms with van der Waals surface area (Å²) >= 11 is 0. The number of rotatable bonds is 3. The number of anilines is 1. The number of fused-ring (bicyclic) bond motifs is 1. The van der Waals surface area contributed by atoms with Gasteiger partial charge in [0, 0.05) is 31.5 Å². The van der Waals surface area contributed by atoms with Crippen LogP contribution in [0.5, 0.6) is 0 Å². The van der Waals surface area contributed by atoms with Crippen molar-refractivity contribution in [1.29, 1.82) is 0 Å². The van der Waals surface area contributed by atoms with E-state index in [0.29, 0.717) is 5.92 Å². The molecule has 0 bridgehead atoms. The lowest BCUT2D eigenvalue weighted by Crippen LogP contribution is -2.57. The van der Waals surface area contributed by atoms with Gasteiger partial charge in [0.15, 0.2) is 5.69 Å². The van der Waals surface area contributed by atoms with Gasteiger partial charge in [-0.3, -0.25) is 4.98 Å². The zero-order chi connectivity index (χ0) is 28.1. The predicted molar refractivity (Wildman–Crippen MR) is 145 cm³/mol. The Kier molecular flexibility index (Phi) is 9.90. The third-order valence-electron chi connectivity index (χ3n) is 7.66. The molecule has 38 heavy (non-hydrogen) atoms. The quantitative estimate of drug-likeness (QED) is 0.562. The molecule has 3 unspecified atom stereocenters. The summed E-state index contributed by atoms with van der Waals surface area (Å²) in [4.78, 5) is 5.69. The maximum absolute atomic E-state index is 12.7. The highest BCUT2D eigenvalue weighted by Gasteiger charge is 2.45. The van der Waals surface area contributed by atoms with Gasteiger partial charge in [-0.15, -0.1) is 10.2 Å². The van der Waals surface area contributed by atoms with Crippen molar-refractivity contribution in [1.82, 2.24) is 20.1 Å². The van der Waals surface area contributed by atoms with E-state index in [9.17, 15) is 13.2 Å². The lowest BCUT2D eigenvalue weighted by atomic mass is 9.51. The number of nitrogens with two attached hydrogens (primary N) is 1. The average Bonchev–Trinajstić information content (AvgIpc) is 3.48. The SMILES string of the molecule is CC.Nc1ccc(-c2cccnc2C(F)(F)F)nn1.[B]C([B])(C1CCOC(C)(C)C1)N1CC2CCCC2C1. The summed E-state index contributed by atoms with van der Waals surface area (Å²) in [6.07, 6.45) is 2.65. The van der Waals surface area contributed by atoms with Crippen molar-refractivity contribution in [3.63, 3.8) is 0 Å². The Morgan fingerprint density at radius 3 is 2.24 bits per heavy atom. The van der Waals surface area contributed by atoms with Crippen LogP contribution >= 0.6 is 0 Å². The molecule has 1 saturated carbocycles. The van der Waals surface area contributed by atoms with Gasteiger partial charge in [-0.05, 0) is 81.5 Å². The largest absolute Gasteiger partial charge is 0.434 e. The first-order chi connectivity index (χ1) is 17.9. The number of nitrogens with zero attached hydrogens (tertiary/aromatic N) is 4. The van der Waals surface area contributed by atoms with Gasteiger partial charge in [0.05, 0.1) is 27.0 Å². The van der Waals surface area contributed by atoms with E-state index in [1.54, 1.807) is 0 Å². The number of ether oxygens (including phenoxy) is 1. The molecule has 0 aromatic carbocycles. The molecule has 2 aliphatic heterocycles. The van der Waals surface area contributed by atoms with Crippen LogP contribution in [0.3, 0.4) is 0 Å². The number of likely N-dealkylation sites (tertiary alicyclic amines) is 1. The minimum absolute atomic E-state index is 0.0809. The zero-order valence-electron chi connectivity index (χ0n) is 22.8. The van der Waals surface area contributed by atoms with Crippen LogP contribution in [-0.4, -0.2) is 66.4 Å². The Morgan fingerprint density at radius 1 is 1.03 bits per heavy atom. The third-order valence-corrected chi connectivity index (χ3v) is 7.66. The van der Waals surface area contributed by atoms with Crippen LogP contribution in [0.2, 0.25) is 0 Å². The molecule has 2 aromatic rings. The van der Waals surface area contributed by atoms with E-state index in [0.717, 1.165) is 50.6 Å². The van der Waals surface area contributed by atoms with Gasteiger partial charge in [-0.1, -0.05) is 25.6 Å². The van der Waals surface area contributed by atoms with Gasteiger partial charge in [0.2, 0.25) is 0 Å². The fourth-order valence-corrected chi connectivity index (χ4v) is 5.76. The Hall–Kier alpha value is -2.13. The molecule has 3 aliphatic rings. The summed E-state index contributed by atoms with van der Waals surface area (Å²) in [5.41, 5.74) is 4.21. The molecule has 5 rings (SSSR count). The molecule has 1 aliphatic carbocycles. The van der Waals surface area contributed by atoms with Crippen LogP contribution < -0.4 is 5.73 Å². The highest BCUT2D eigenvalue weighted by Crippen LogP contribution is 2.43. The molecule has 4 heterocycles. The Balaban J connectivity index is 0.000000199. The minimum Gasteiger partial charge on any atom is -0.382 e. The van der Waals surface area contributed by atoms with E-state index in [-0.39, 0.29) is 22.7 Å². The Bertz CT molecular complexity index is 1020. The third kappa shape index (κ3) is 7.29. The maximum atomic E-state index is 12.7. The number of alkyl halides is 3. The number of hydrogen-bond acceptors (Lipinski definition) is 6. The second-order valence-corrected chi connectivity index (χ2v) is 10.8. The van der Waals surface area contributed by atoms with Crippen LogP contribution in [0, 0.1) is 17.8 Å². The summed E-state index contributed by atoms with van der Waals surface area (Å²) in [7, 11) is 13.1. The van der Waals surface area contributed by atoms with Gasteiger partial charge in [0.1, 0.15) is 5.82 Å². The van der Waals surface area contributed by atoms with Gasteiger partial charge >= 0.3 is 6.18 Å². The van der Waals surface area contributed by atoms with Crippen molar-refractivity contribution >= 4 is 21.5 Å². The van der Waals surface area contributed by atoms with Gasteiger partial charge in [-0.2, -0.15) is 13.2 Å². The normalized spacial score (nSPS) is 25.0. The highest BCUT2D eigenvalue weighted by atomic mass is 19.4. The van der Waals surface area contributed by atoms with E-state index < -0.39 is 17.2 Å². The molecule has 204 valence electrons. The number of aromatic nitrogens is 3. The fourth-order valence-electron chi connectivity index (χ4n) is 5.76. The number of nitrogen functional groups attached to an aromatic ring is 1. The molecule has 0 amide bonds. The second kappa shape index (κ2) is 12.4. The molecule has 3 atom stereocenters. The van der Waals surface area contributed by atoms with Gasteiger partial charge < -0.3 is 15.4 Å². The van der Waals surface area contributed by atoms with Crippen molar-refractivity contribution < 1.29 is 17.9 Å². The monoisotopic (exact) mass is 527 g/mol. The van der Waals surface area contributed by atoms with Crippen LogP contribution in [0.25, 0.3) is 11.3 Å². The first-order valence-electron chi connectivity index (χ1n) is 13.5. The van der Waals surface area contributed by atoms with Crippen molar-refractivity contribution in [2.24, 2.45) is 17.8 Å². The van der Waals surface area contributed by atoms with Crippen LogP contribution in [-0.2, 0) is 10.9 Å². The molecule has 6 nitrogen and oxygen atoms in total. The lowest BCUT2D eigenvalue weighted by molar-refractivity contribution is -0.140. The van der Waals surface area contributed by atoms with E-state index >= 15 is 0 Å². The number of halogens is 3. The predicted octanol–water partition coefficient (Wildman–Crippen LogP) is 5.08. The lowest BCUT2D eigenvalue weighted by Gasteiger charge is -2.49. The van der Waals surface area contributed by atoms with Crippen molar-refractivity contribution in [3.8, 4) is 11.3 Å². The molecule has 11 heteroatoms. The van der Waals surface area contributed by atoms with Gasteiger partial charge in [-0.25, -0.2) is 0 Å². The Morgan fingerprint density at radius 2 is 1.68 bits per heavy atom. The molecular weight excluding hydrogens is 489 g/mol. The molecule has 2 aromatic heterocycles. The van der Waals surface area contributed by atoms with Crippen LogP contribution in [0.4, 0.5) is 19.0 Å². The second-order valence-electron chi connectivity index (χ2n) is 10.8. The van der Waals surface area contributed by atoms with Crippen LogP contribution in [0.1, 0.15) is 65.5 Å². The summed E-state index contributed by atoms with van der Waals surface area (Å²) in [6, 6.07) is 5.45. The highest BCUT2D eigenvalue weighted by molar-refractivity contribution is 6.40. The van der Waals surface area contributed by atoms with Crippen LogP contribution in [0.15, 0.2) is 30.5 Å². The Labute approximate surface area is 227 Å². The summed E-state index contributed by atoms with van der Waals surface area (Å²) < 4.78 is 43.8. The van der Waals surface area contributed by atoms with Crippen molar-refractivity contribution in [2.45, 2.75) is 76.9 Å². The van der Waals surface area contributed by atoms with E-state index in [2.05, 4.69) is 33.9 Å². The molecule has 0 spiro atoms. The molecule has 3 fully saturated rings. The number of hydrogen-bond donors (Lipinski definition) is 1. The molecule has 2 saturated heterocycles. The molecule has 2 N–H and O–H groups in total. The van der Waals surface area contributed by atoms with E-state index in [1.165, 1.54) is 43.5 Å². The molecule has 4 radical (unpaired) electrons. The summed E-state index contributed by atoms with van der Waals surface area (Å²) in [6.45, 7) is 11.3. The first-order valence-corrected chi connectivity index (χ1v) is 13.5. The van der Waals surface area contributed by atoms with Crippen molar-refractivity contribution in [3.05, 3.63) is 36.2 Å². The van der Waals surface area contributed by atoms with E-state index in [4.69, 9.17) is 26.2 Å². The zero-order valence-corrected chi connectivity index (χ0v) is 22.8. The summed E-state index contributed by atoms with van der Waals surface area (Å²) in [5.74, 6) is 2.18. The first kappa shape index (κ1) is 30.4.